The zero-order valence-electron chi connectivity index (χ0n) is 9.44. The van der Waals surface area contributed by atoms with Crippen LogP contribution in [0.4, 0.5) is 4.39 Å². The van der Waals surface area contributed by atoms with Gasteiger partial charge in [-0.3, -0.25) is 0 Å². The van der Waals surface area contributed by atoms with Gasteiger partial charge in [-0.05, 0) is 19.1 Å². The Morgan fingerprint density at radius 3 is 2.82 bits per heavy atom. The summed E-state index contributed by atoms with van der Waals surface area (Å²) in [6.45, 7) is 2.48. The minimum Gasteiger partial charge on any atom is -0.326 e. The molecule has 0 amide bonds. The summed E-state index contributed by atoms with van der Waals surface area (Å²) in [4.78, 5) is 6.19. The van der Waals surface area contributed by atoms with Gasteiger partial charge in [-0.25, -0.2) is 9.37 Å². The first kappa shape index (κ1) is 12.5. The lowest BCUT2D eigenvalue weighted by Crippen LogP contribution is -1.94. The van der Waals surface area contributed by atoms with Crippen LogP contribution in [-0.2, 0) is 12.3 Å². The molecule has 1 aromatic heterocycles. The maximum absolute atomic E-state index is 13.4. The van der Waals surface area contributed by atoms with E-state index < -0.39 is 0 Å². The van der Waals surface area contributed by atoms with E-state index in [0.29, 0.717) is 17.2 Å². The monoisotopic (exact) mass is 268 g/mol. The smallest absolute Gasteiger partial charge is 0.136 e. The zero-order valence-corrected chi connectivity index (χ0v) is 11.1. The van der Waals surface area contributed by atoms with Gasteiger partial charge in [0.15, 0.2) is 0 Å². The predicted molar refractivity (Wildman–Crippen MR) is 70.7 cm³/mol. The standard InChI is InChI=1S/C12H13FN2S2/c1-8-11(6-14)17-12(15-8)7-16-10-5-3-2-4-9(10)13/h2-5H,6-7,14H2,1H3. The van der Waals surface area contributed by atoms with Crippen LogP contribution >= 0.6 is 23.1 Å². The molecule has 2 nitrogen and oxygen atoms in total. The Balaban J connectivity index is 2.05. The molecule has 0 fully saturated rings. The Hall–Kier alpha value is -0.910. The molecule has 0 saturated carbocycles. The fourth-order valence-electron chi connectivity index (χ4n) is 1.44. The van der Waals surface area contributed by atoms with Crippen molar-refractivity contribution in [3.05, 3.63) is 45.7 Å². The molecule has 0 spiro atoms. The van der Waals surface area contributed by atoms with Gasteiger partial charge in [0.05, 0.1) is 11.4 Å². The van der Waals surface area contributed by atoms with E-state index in [1.54, 1.807) is 23.5 Å². The van der Waals surface area contributed by atoms with E-state index in [-0.39, 0.29) is 5.82 Å². The number of halogens is 1. The van der Waals surface area contributed by atoms with Crippen LogP contribution in [0.25, 0.3) is 0 Å². The Labute approximate surface area is 108 Å². The van der Waals surface area contributed by atoms with Crippen molar-refractivity contribution in [1.82, 2.24) is 4.98 Å². The molecule has 0 atom stereocenters. The van der Waals surface area contributed by atoms with Crippen LogP contribution < -0.4 is 5.73 Å². The van der Waals surface area contributed by atoms with Gasteiger partial charge in [-0.15, -0.1) is 23.1 Å². The molecular weight excluding hydrogens is 255 g/mol. The molecule has 0 aliphatic carbocycles. The minimum absolute atomic E-state index is 0.176. The van der Waals surface area contributed by atoms with E-state index in [2.05, 4.69) is 4.98 Å². The summed E-state index contributed by atoms with van der Waals surface area (Å²) in [6, 6.07) is 6.79. The average Bonchev–Trinajstić information content (AvgIpc) is 2.69. The lowest BCUT2D eigenvalue weighted by atomic mass is 10.3. The number of nitrogens with two attached hydrogens (primary N) is 1. The van der Waals surface area contributed by atoms with Crippen molar-refractivity contribution in [2.45, 2.75) is 24.1 Å². The number of rotatable bonds is 4. The normalized spacial score (nSPS) is 10.8. The fourth-order valence-corrected chi connectivity index (χ4v) is 3.32. The van der Waals surface area contributed by atoms with Crippen LogP contribution in [0.15, 0.2) is 29.2 Å². The predicted octanol–water partition coefficient (Wildman–Crippen LogP) is 3.34. The molecule has 0 saturated heterocycles. The molecular formula is C12H13FN2S2. The van der Waals surface area contributed by atoms with Gasteiger partial charge in [-0.2, -0.15) is 0 Å². The van der Waals surface area contributed by atoms with E-state index in [9.17, 15) is 4.39 Å². The highest BCUT2D eigenvalue weighted by molar-refractivity contribution is 7.98. The van der Waals surface area contributed by atoms with Gasteiger partial charge >= 0.3 is 0 Å². The highest BCUT2D eigenvalue weighted by Gasteiger charge is 2.08. The van der Waals surface area contributed by atoms with Crippen molar-refractivity contribution >= 4 is 23.1 Å². The number of hydrogen-bond acceptors (Lipinski definition) is 4. The molecule has 0 aliphatic rings. The molecule has 0 aliphatic heterocycles. The quantitative estimate of drug-likeness (QED) is 0.864. The van der Waals surface area contributed by atoms with Gasteiger partial charge in [0.25, 0.3) is 0 Å². The van der Waals surface area contributed by atoms with Gasteiger partial charge < -0.3 is 5.73 Å². The maximum atomic E-state index is 13.4. The lowest BCUT2D eigenvalue weighted by molar-refractivity contribution is 0.602. The average molecular weight is 268 g/mol. The fraction of sp³-hybridized carbons (Fsp3) is 0.250. The largest absolute Gasteiger partial charge is 0.326 e. The zero-order chi connectivity index (χ0) is 12.3. The summed E-state index contributed by atoms with van der Waals surface area (Å²) in [5, 5.41) is 0.996. The highest BCUT2D eigenvalue weighted by Crippen LogP contribution is 2.28. The van der Waals surface area contributed by atoms with Crippen LogP contribution in [0.5, 0.6) is 0 Å². The molecule has 1 aromatic carbocycles. The van der Waals surface area contributed by atoms with Crippen molar-refractivity contribution < 1.29 is 4.39 Å². The summed E-state index contributed by atoms with van der Waals surface area (Å²) in [5.41, 5.74) is 6.59. The van der Waals surface area contributed by atoms with Crippen LogP contribution in [0.2, 0.25) is 0 Å². The molecule has 2 rings (SSSR count). The van der Waals surface area contributed by atoms with Crippen molar-refractivity contribution in [1.29, 1.82) is 0 Å². The molecule has 1 heterocycles. The Morgan fingerprint density at radius 2 is 2.18 bits per heavy atom. The second kappa shape index (κ2) is 5.62. The van der Waals surface area contributed by atoms with Gasteiger partial charge in [0.2, 0.25) is 0 Å². The number of aromatic nitrogens is 1. The van der Waals surface area contributed by atoms with Crippen molar-refractivity contribution in [3.8, 4) is 0 Å². The van der Waals surface area contributed by atoms with Crippen molar-refractivity contribution in [3.63, 3.8) is 0 Å². The number of benzene rings is 1. The third kappa shape index (κ3) is 3.06. The number of hydrogen-bond donors (Lipinski definition) is 1. The second-order valence-electron chi connectivity index (χ2n) is 3.54. The molecule has 17 heavy (non-hydrogen) atoms. The van der Waals surface area contributed by atoms with E-state index in [4.69, 9.17) is 5.73 Å². The molecule has 0 bridgehead atoms. The van der Waals surface area contributed by atoms with Crippen LogP contribution in [0.3, 0.4) is 0 Å². The SMILES string of the molecule is Cc1nc(CSc2ccccc2F)sc1CN. The molecule has 0 radical (unpaired) electrons. The molecule has 2 aromatic rings. The van der Waals surface area contributed by atoms with Crippen molar-refractivity contribution in [2.24, 2.45) is 5.73 Å². The number of aryl methyl sites for hydroxylation is 1. The molecule has 90 valence electrons. The van der Waals surface area contributed by atoms with Crippen LogP contribution in [0.1, 0.15) is 15.6 Å². The highest BCUT2D eigenvalue weighted by atomic mass is 32.2. The van der Waals surface area contributed by atoms with Gasteiger partial charge in [0, 0.05) is 16.3 Å². The first-order valence-electron chi connectivity index (χ1n) is 5.23. The summed E-state index contributed by atoms with van der Waals surface area (Å²) >= 11 is 3.07. The van der Waals surface area contributed by atoms with E-state index >= 15 is 0 Å². The summed E-state index contributed by atoms with van der Waals surface area (Å²) in [7, 11) is 0. The van der Waals surface area contributed by atoms with E-state index in [1.165, 1.54) is 17.8 Å². The summed E-state index contributed by atoms with van der Waals surface area (Å²) in [6.07, 6.45) is 0. The Kier molecular flexibility index (Phi) is 4.15. The summed E-state index contributed by atoms with van der Waals surface area (Å²) in [5.74, 6) is 0.511. The second-order valence-corrected chi connectivity index (χ2v) is 5.72. The Bertz CT molecular complexity index is 511. The van der Waals surface area contributed by atoms with Gasteiger partial charge in [-0.1, -0.05) is 12.1 Å². The third-order valence-corrected chi connectivity index (χ3v) is 4.73. The molecule has 0 unspecified atom stereocenters. The number of thioether (sulfide) groups is 1. The topological polar surface area (TPSA) is 38.9 Å². The minimum atomic E-state index is -0.176. The van der Waals surface area contributed by atoms with Crippen LogP contribution in [-0.4, -0.2) is 4.98 Å². The van der Waals surface area contributed by atoms with Crippen LogP contribution in [0, 0.1) is 12.7 Å². The lowest BCUT2D eigenvalue weighted by Gasteiger charge is -1.99. The van der Waals surface area contributed by atoms with Gasteiger partial charge in [0.1, 0.15) is 10.8 Å². The summed E-state index contributed by atoms with van der Waals surface area (Å²) < 4.78 is 13.4. The number of thiazole rings is 1. The van der Waals surface area contributed by atoms with Crippen molar-refractivity contribution in [2.75, 3.05) is 0 Å². The first-order chi connectivity index (χ1) is 8.20. The first-order valence-corrected chi connectivity index (χ1v) is 7.03. The maximum Gasteiger partial charge on any atom is 0.136 e. The number of nitrogens with zero attached hydrogens (tertiary/aromatic N) is 1. The molecule has 5 heteroatoms. The molecule has 2 N–H and O–H groups in total. The van der Waals surface area contributed by atoms with E-state index in [1.807, 2.05) is 13.0 Å². The third-order valence-electron chi connectivity index (χ3n) is 2.31. The Morgan fingerprint density at radius 1 is 1.41 bits per heavy atom. The van der Waals surface area contributed by atoms with E-state index in [0.717, 1.165) is 15.6 Å².